The maximum atomic E-state index is 11.3. The van der Waals surface area contributed by atoms with Crippen molar-refractivity contribution in [2.24, 2.45) is 0 Å². The molecule has 2 amide bonds. The number of rotatable bonds is 6. The summed E-state index contributed by atoms with van der Waals surface area (Å²) in [6.45, 7) is 2.88. The molecule has 0 saturated heterocycles. The quantitative estimate of drug-likeness (QED) is 0.542. The van der Waals surface area contributed by atoms with Crippen molar-refractivity contribution in [1.29, 1.82) is 0 Å². The van der Waals surface area contributed by atoms with E-state index in [9.17, 15) is 14.4 Å². The predicted molar refractivity (Wildman–Crippen MR) is 57.7 cm³/mol. The topological polar surface area (TPSA) is 95.5 Å². The van der Waals surface area contributed by atoms with Crippen molar-refractivity contribution in [3.05, 3.63) is 11.6 Å². The fourth-order valence-electron chi connectivity index (χ4n) is 0.936. The van der Waals surface area contributed by atoms with Crippen molar-refractivity contribution in [1.82, 2.24) is 10.6 Å². The first-order chi connectivity index (χ1) is 7.47. The van der Waals surface area contributed by atoms with Gasteiger partial charge >= 0.3 is 5.97 Å². The van der Waals surface area contributed by atoms with E-state index in [2.05, 4.69) is 10.6 Å². The molecule has 0 fully saturated rings. The van der Waals surface area contributed by atoms with Gasteiger partial charge in [0.15, 0.2) is 0 Å². The molecule has 0 unspecified atom stereocenters. The molecule has 0 atom stereocenters. The van der Waals surface area contributed by atoms with Crippen molar-refractivity contribution < 1.29 is 19.5 Å². The first-order valence-corrected chi connectivity index (χ1v) is 4.90. The SMILES string of the molecule is CC/C=C(\C)C(=O)NCC(=O)NCC(=O)O. The van der Waals surface area contributed by atoms with E-state index in [1.165, 1.54) is 0 Å². The smallest absolute Gasteiger partial charge is 0.322 e. The number of hydrogen-bond donors (Lipinski definition) is 3. The number of carbonyl (C=O) groups excluding carboxylic acids is 2. The molecule has 0 aliphatic carbocycles. The Bertz CT molecular complexity index is 310. The molecule has 16 heavy (non-hydrogen) atoms. The van der Waals surface area contributed by atoms with E-state index in [1.807, 2.05) is 6.92 Å². The van der Waals surface area contributed by atoms with Crippen LogP contribution in [0, 0.1) is 0 Å². The Morgan fingerprint density at radius 2 is 1.81 bits per heavy atom. The second-order valence-electron chi connectivity index (χ2n) is 3.15. The molecule has 0 bridgehead atoms. The zero-order valence-corrected chi connectivity index (χ0v) is 9.37. The first-order valence-electron chi connectivity index (χ1n) is 4.90. The van der Waals surface area contributed by atoms with Crippen LogP contribution in [0.4, 0.5) is 0 Å². The van der Waals surface area contributed by atoms with Gasteiger partial charge in [-0.2, -0.15) is 0 Å². The van der Waals surface area contributed by atoms with Gasteiger partial charge in [-0.15, -0.1) is 0 Å². The summed E-state index contributed by atoms with van der Waals surface area (Å²) in [5.74, 6) is -1.98. The molecule has 0 radical (unpaired) electrons. The summed E-state index contributed by atoms with van der Waals surface area (Å²) in [7, 11) is 0. The van der Waals surface area contributed by atoms with E-state index in [1.54, 1.807) is 13.0 Å². The third kappa shape index (κ3) is 6.58. The van der Waals surface area contributed by atoms with Crippen molar-refractivity contribution >= 4 is 17.8 Å². The molecule has 0 rings (SSSR count). The average molecular weight is 228 g/mol. The van der Waals surface area contributed by atoms with E-state index in [0.29, 0.717) is 5.57 Å². The fraction of sp³-hybridized carbons (Fsp3) is 0.500. The number of hydrogen-bond acceptors (Lipinski definition) is 3. The normalized spacial score (nSPS) is 10.8. The van der Waals surface area contributed by atoms with Gasteiger partial charge in [0.25, 0.3) is 0 Å². The van der Waals surface area contributed by atoms with Gasteiger partial charge in [0, 0.05) is 5.57 Å². The van der Waals surface area contributed by atoms with Crippen LogP contribution in [0.2, 0.25) is 0 Å². The molecular weight excluding hydrogens is 212 g/mol. The number of nitrogens with one attached hydrogen (secondary N) is 2. The van der Waals surface area contributed by atoms with E-state index in [4.69, 9.17) is 5.11 Å². The molecule has 0 aliphatic rings. The number of carbonyl (C=O) groups is 3. The van der Waals surface area contributed by atoms with Crippen molar-refractivity contribution in [3.63, 3.8) is 0 Å². The second kappa shape index (κ2) is 7.44. The summed E-state index contributed by atoms with van der Waals surface area (Å²) in [6.07, 6.45) is 2.48. The molecule has 3 N–H and O–H groups in total. The van der Waals surface area contributed by atoms with Crippen LogP contribution in [0.3, 0.4) is 0 Å². The summed E-state index contributed by atoms with van der Waals surface area (Å²) < 4.78 is 0. The molecule has 0 heterocycles. The highest BCUT2D eigenvalue weighted by molar-refractivity contribution is 5.95. The minimum Gasteiger partial charge on any atom is -0.480 e. The summed E-state index contributed by atoms with van der Waals surface area (Å²) in [5, 5.41) is 12.8. The zero-order valence-electron chi connectivity index (χ0n) is 9.37. The second-order valence-corrected chi connectivity index (χ2v) is 3.15. The summed E-state index contributed by atoms with van der Waals surface area (Å²) in [5.41, 5.74) is 0.536. The van der Waals surface area contributed by atoms with E-state index in [-0.39, 0.29) is 12.5 Å². The number of allylic oxidation sites excluding steroid dienone is 1. The fourth-order valence-corrected chi connectivity index (χ4v) is 0.936. The van der Waals surface area contributed by atoms with Crippen molar-refractivity contribution in [2.45, 2.75) is 20.3 Å². The van der Waals surface area contributed by atoms with Crippen LogP contribution in [-0.4, -0.2) is 36.0 Å². The molecule has 90 valence electrons. The molecule has 0 aromatic rings. The maximum Gasteiger partial charge on any atom is 0.322 e. The molecule has 0 spiro atoms. The minimum absolute atomic E-state index is 0.221. The summed E-state index contributed by atoms with van der Waals surface area (Å²) in [4.78, 5) is 32.4. The van der Waals surface area contributed by atoms with Crippen LogP contribution < -0.4 is 10.6 Å². The molecule has 6 nitrogen and oxygen atoms in total. The summed E-state index contributed by atoms with van der Waals surface area (Å²) in [6, 6.07) is 0. The van der Waals surface area contributed by atoms with Gasteiger partial charge in [-0.1, -0.05) is 13.0 Å². The molecule has 0 saturated carbocycles. The Labute approximate surface area is 93.7 Å². The van der Waals surface area contributed by atoms with Gasteiger partial charge in [0.1, 0.15) is 6.54 Å². The van der Waals surface area contributed by atoms with Gasteiger partial charge in [-0.25, -0.2) is 0 Å². The highest BCUT2D eigenvalue weighted by Crippen LogP contribution is 1.93. The molecule has 0 aromatic heterocycles. The third-order valence-electron chi connectivity index (χ3n) is 1.71. The lowest BCUT2D eigenvalue weighted by molar-refractivity contribution is -0.137. The zero-order chi connectivity index (χ0) is 12.6. The van der Waals surface area contributed by atoms with E-state index in [0.717, 1.165) is 6.42 Å². The Morgan fingerprint density at radius 1 is 1.19 bits per heavy atom. The Balaban J connectivity index is 3.88. The molecular formula is C10H16N2O4. The van der Waals surface area contributed by atoms with Crippen molar-refractivity contribution in [3.8, 4) is 0 Å². The number of aliphatic carboxylic acids is 1. The standard InChI is InChI=1S/C10H16N2O4/c1-3-4-7(2)10(16)12-5-8(13)11-6-9(14)15/h4H,3,5-6H2,1-2H3,(H,11,13)(H,12,16)(H,14,15)/b7-4+. The van der Waals surface area contributed by atoms with Gasteiger partial charge in [0.2, 0.25) is 11.8 Å². The molecule has 0 aliphatic heterocycles. The maximum absolute atomic E-state index is 11.3. The minimum atomic E-state index is -1.12. The third-order valence-corrected chi connectivity index (χ3v) is 1.71. The van der Waals surface area contributed by atoms with Crippen LogP contribution >= 0.6 is 0 Å². The van der Waals surface area contributed by atoms with Crippen LogP contribution in [0.1, 0.15) is 20.3 Å². The van der Waals surface area contributed by atoms with Crippen molar-refractivity contribution in [2.75, 3.05) is 13.1 Å². The lowest BCUT2D eigenvalue weighted by Gasteiger charge is -2.05. The van der Waals surface area contributed by atoms with Crippen LogP contribution in [0.5, 0.6) is 0 Å². The van der Waals surface area contributed by atoms with Gasteiger partial charge < -0.3 is 15.7 Å². The number of amides is 2. The van der Waals surface area contributed by atoms with Gasteiger partial charge in [0.05, 0.1) is 6.54 Å². The Hall–Kier alpha value is -1.85. The van der Waals surface area contributed by atoms with Gasteiger partial charge in [-0.3, -0.25) is 14.4 Å². The number of carboxylic acid groups (broad SMARTS) is 1. The largest absolute Gasteiger partial charge is 0.480 e. The van der Waals surface area contributed by atoms with E-state index >= 15 is 0 Å². The lowest BCUT2D eigenvalue weighted by Crippen LogP contribution is -2.39. The van der Waals surface area contributed by atoms with E-state index < -0.39 is 18.4 Å². The predicted octanol–water partition coefficient (Wildman–Crippen LogP) is -0.340. The average Bonchev–Trinajstić information content (AvgIpc) is 2.23. The van der Waals surface area contributed by atoms with Crippen LogP contribution in [0.15, 0.2) is 11.6 Å². The highest BCUT2D eigenvalue weighted by Gasteiger charge is 2.07. The lowest BCUT2D eigenvalue weighted by atomic mass is 10.2. The Morgan fingerprint density at radius 3 is 2.31 bits per heavy atom. The van der Waals surface area contributed by atoms with Crippen LogP contribution in [0.25, 0.3) is 0 Å². The Kier molecular flexibility index (Phi) is 6.58. The monoisotopic (exact) mass is 228 g/mol. The number of carboxylic acids is 1. The first kappa shape index (κ1) is 14.2. The molecule has 6 heteroatoms. The van der Waals surface area contributed by atoms with Crippen LogP contribution in [-0.2, 0) is 14.4 Å². The van der Waals surface area contributed by atoms with Gasteiger partial charge in [-0.05, 0) is 13.3 Å². The highest BCUT2D eigenvalue weighted by atomic mass is 16.4. The molecule has 0 aromatic carbocycles. The summed E-state index contributed by atoms with van der Waals surface area (Å²) >= 11 is 0.